The van der Waals surface area contributed by atoms with Crippen molar-refractivity contribution in [1.82, 2.24) is 15.6 Å². The molecule has 4 nitrogen and oxygen atoms in total. The Balaban J connectivity index is 0.00000243. The fourth-order valence-electron chi connectivity index (χ4n) is 3.45. The van der Waals surface area contributed by atoms with Crippen LogP contribution in [0, 0.1) is 5.82 Å². The van der Waals surface area contributed by atoms with Crippen molar-refractivity contribution in [3.63, 3.8) is 0 Å². The molecule has 1 saturated carbocycles. The average Bonchev–Trinajstić information content (AvgIpc) is 3.21. The highest BCUT2D eigenvalue weighted by Crippen LogP contribution is 2.28. The number of H-pyrrole nitrogens is 1. The van der Waals surface area contributed by atoms with Crippen molar-refractivity contribution >= 4 is 52.6 Å². The summed E-state index contributed by atoms with van der Waals surface area (Å²) in [4.78, 5) is 7.87. The molecule has 1 aliphatic rings. The molecular weight excluding hydrogens is 462 g/mol. The van der Waals surface area contributed by atoms with Gasteiger partial charge in [-0.25, -0.2) is 4.39 Å². The van der Waals surface area contributed by atoms with E-state index in [1.54, 1.807) is 0 Å². The third kappa shape index (κ3) is 5.52. The average molecular weight is 490 g/mol. The van der Waals surface area contributed by atoms with Crippen molar-refractivity contribution in [2.24, 2.45) is 4.99 Å². The molecule has 2 atom stereocenters. The van der Waals surface area contributed by atoms with Crippen LogP contribution in [-0.4, -0.2) is 41.6 Å². The number of thioether (sulfide) groups is 1. The van der Waals surface area contributed by atoms with Gasteiger partial charge in [0.1, 0.15) is 5.82 Å². The van der Waals surface area contributed by atoms with Gasteiger partial charge < -0.3 is 15.6 Å². The van der Waals surface area contributed by atoms with Crippen LogP contribution >= 0.6 is 35.7 Å². The Bertz CT molecular complexity index is 733. The fourth-order valence-corrected chi connectivity index (χ4v) is 4.25. The quantitative estimate of drug-likeness (QED) is 0.322. The lowest BCUT2D eigenvalue weighted by Gasteiger charge is -2.17. The second kappa shape index (κ2) is 10.4. The lowest BCUT2D eigenvalue weighted by molar-refractivity contribution is 0.615. The summed E-state index contributed by atoms with van der Waals surface area (Å²) in [6.45, 7) is 3.65. The molecule has 7 heteroatoms. The smallest absolute Gasteiger partial charge is 0.191 e. The number of guanidine groups is 1. The number of hydrogen-bond donors (Lipinski definition) is 3. The standard InChI is InChI=1S/C19H27FN4S.HI/c1-3-21-19(24-15-5-6-16(11-15)25-2)22-9-8-13-12-23-18-10-14(20)4-7-17(13)18;/h4,7,10,12,15-16,23H,3,5-6,8-9,11H2,1-2H3,(H2,21,22,24);1H. The molecule has 1 fully saturated rings. The van der Waals surface area contributed by atoms with E-state index in [1.165, 1.54) is 37.0 Å². The molecule has 3 N–H and O–H groups in total. The van der Waals surface area contributed by atoms with Crippen molar-refractivity contribution in [2.45, 2.75) is 43.9 Å². The Kier molecular flexibility index (Phi) is 8.53. The summed E-state index contributed by atoms with van der Waals surface area (Å²) < 4.78 is 13.3. The number of hydrogen-bond acceptors (Lipinski definition) is 2. The SMILES string of the molecule is CCNC(=NCCc1c[nH]c2cc(F)ccc12)NC1CCC(SC)C1.I. The topological polar surface area (TPSA) is 52.2 Å². The molecule has 1 heterocycles. The van der Waals surface area contributed by atoms with Crippen LogP contribution in [-0.2, 0) is 6.42 Å². The first-order valence-electron chi connectivity index (χ1n) is 9.02. The minimum absolute atomic E-state index is 0. The summed E-state index contributed by atoms with van der Waals surface area (Å²) >= 11 is 1.96. The van der Waals surface area contributed by atoms with Gasteiger partial charge in [0.05, 0.1) is 0 Å². The third-order valence-electron chi connectivity index (χ3n) is 4.78. The number of nitrogens with one attached hydrogen (secondary N) is 3. The maximum Gasteiger partial charge on any atom is 0.191 e. The van der Waals surface area contributed by atoms with Gasteiger partial charge in [-0.05, 0) is 62.6 Å². The van der Waals surface area contributed by atoms with E-state index in [1.807, 2.05) is 24.0 Å². The van der Waals surface area contributed by atoms with Crippen LogP contribution in [0.5, 0.6) is 0 Å². The molecule has 26 heavy (non-hydrogen) atoms. The van der Waals surface area contributed by atoms with E-state index < -0.39 is 0 Å². The van der Waals surface area contributed by atoms with E-state index >= 15 is 0 Å². The van der Waals surface area contributed by atoms with Crippen LogP contribution in [0.2, 0.25) is 0 Å². The maximum atomic E-state index is 13.3. The van der Waals surface area contributed by atoms with Crippen LogP contribution in [0.3, 0.4) is 0 Å². The van der Waals surface area contributed by atoms with Gasteiger partial charge in [0, 0.05) is 41.5 Å². The largest absolute Gasteiger partial charge is 0.361 e. The lowest BCUT2D eigenvalue weighted by atomic mass is 10.1. The zero-order chi connectivity index (χ0) is 17.6. The van der Waals surface area contributed by atoms with Crippen LogP contribution in [0.4, 0.5) is 4.39 Å². The van der Waals surface area contributed by atoms with Crippen LogP contribution in [0.25, 0.3) is 10.9 Å². The zero-order valence-electron chi connectivity index (χ0n) is 15.3. The molecular formula is C19H28FIN4S. The Morgan fingerprint density at radius 2 is 2.23 bits per heavy atom. The second-order valence-electron chi connectivity index (χ2n) is 6.53. The second-order valence-corrected chi connectivity index (χ2v) is 7.66. The molecule has 0 aliphatic heterocycles. The molecule has 0 radical (unpaired) electrons. The summed E-state index contributed by atoms with van der Waals surface area (Å²) in [5, 5.41) is 8.76. The van der Waals surface area contributed by atoms with Gasteiger partial charge in [0.25, 0.3) is 0 Å². The van der Waals surface area contributed by atoms with Gasteiger partial charge >= 0.3 is 0 Å². The van der Waals surface area contributed by atoms with Gasteiger partial charge in [0.2, 0.25) is 0 Å². The number of halogens is 2. The highest BCUT2D eigenvalue weighted by atomic mass is 127. The normalized spacial score (nSPS) is 20.2. The maximum absolute atomic E-state index is 13.3. The number of benzene rings is 1. The van der Waals surface area contributed by atoms with Crippen molar-refractivity contribution in [3.05, 3.63) is 35.8 Å². The molecule has 1 aromatic carbocycles. The summed E-state index contributed by atoms with van der Waals surface area (Å²) in [7, 11) is 0. The summed E-state index contributed by atoms with van der Waals surface area (Å²) in [6, 6.07) is 5.41. The number of aromatic nitrogens is 1. The number of fused-ring (bicyclic) bond motifs is 1. The molecule has 2 aromatic rings. The van der Waals surface area contributed by atoms with E-state index in [9.17, 15) is 4.39 Å². The van der Waals surface area contributed by atoms with Crippen LogP contribution in [0.1, 0.15) is 31.7 Å². The first-order valence-corrected chi connectivity index (χ1v) is 10.3. The predicted octanol–water partition coefficient (Wildman–Crippen LogP) is 4.31. The van der Waals surface area contributed by atoms with Gasteiger partial charge in [-0.2, -0.15) is 11.8 Å². The van der Waals surface area contributed by atoms with Crippen molar-refractivity contribution in [1.29, 1.82) is 0 Å². The number of aliphatic imine (C=N–C) groups is 1. The molecule has 144 valence electrons. The predicted molar refractivity (Wildman–Crippen MR) is 121 cm³/mol. The zero-order valence-corrected chi connectivity index (χ0v) is 18.5. The Morgan fingerprint density at radius 3 is 2.96 bits per heavy atom. The van der Waals surface area contributed by atoms with Gasteiger partial charge in [-0.15, -0.1) is 24.0 Å². The van der Waals surface area contributed by atoms with Gasteiger partial charge in [-0.1, -0.05) is 0 Å². The number of nitrogens with zero attached hydrogens (tertiary/aromatic N) is 1. The first kappa shape index (κ1) is 21.3. The van der Waals surface area contributed by atoms with Gasteiger partial charge in [0.15, 0.2) is 5.96 Å². The van der Waals surface area contributed by atoms with Crippen molar-refractivity contribution in [3.8, 4) is 0 Å². The monoisotopic (exact) mass is 490 g/mol. The Hall–Kier alpha value is -0.960. The minimum Gasteiger partial charge on any atom is -0.361 e. The third-order valence-corrected chi connectivity index (χ3v) is 5.88. The summed E-state index contributed by atoms with van der Waals surface area (Å²) in [5.41, 5.74) is 2.02. The lowest BCUT2D eigenvalue weighted by Crippen LogP contribution is -2.42. The van der Waals surface area contributed by atoms with E-state index in [0.717, 1.165) is 35.1 Å². The molecule has 1 aliphatic carbocycles. The minimum atomic E-state index is -0.210. The van der Waals surface area contributed by atoms with Crippen molar-refractivity contribution < 1.29 is 4.39 Å². The molecule has 0 saturated heterocycles. The van der Waals surface area contributed by atoms with Crippen molar-refractivity contribution in [2.75, 3.05) is 19.3 Å². The van der Waals surface area contributed by atoms with Crippen LogP contribution < -0.4 is 10.6 Å². The molecule has 3 rings (SSSR count). The van der Waals surface area contributed by atoms with E-state index in [-0.39, 0.29) is 29.8 Å². The van der Waals surface area contributed by atoms with E-state index in [0.29, 0.717) is 12.6 Å². The summed E-state index contributed by atoms with van der Waals surface area (Å²) in [5.74, 6) is 0.692. The highest BCUT2D eigenvalue weighted by molar-refractivity contribution is 14.0. The molecule has 0 bridgehead atoms. The summed E-state index contributed by atoms with van der Waals surface area (Å²) in [6.07, 6.45) is 8.69. The molecule has 0 spiro atoms. The molecule has 2 unspecified atom stereocenters. The first-order chi connectivity index (χ1) is 12.2. The molecule has 1 aromatic heterocycles. The van der Waals surface area contributed by atoms with E-state index in [4.69, 9.17) is 4.99 Å². The van der Waals surface area contributed by atoms with Gasteiger partial charge in [-0.3, -0.25) is 4.99 Å². The van der Waals surface area contributed by atoms with E-state index in [2.05, 4.69) is 28.8 Å². The fraction of sp³-hybridized carbons (Fsp3) is 0.526. The highest BCUT2D eigenvalue weighted by Gasteiger charge is 2.24. The Morgan fingerprint density at radius 1 is 1.38 bits per heavy atom. The Labute approximate surface area is 176 Å². The van der Waals surface area contributed by atoms with Crippen LogP contribution in [0.15, 0.2) is 29.4 Å². The molecule has 0 amide bonds. The number of rotatable bonds is 6. The number of aromatic amines is 1.